The van der Waals surface area contributed by atoms with Gasteiger partial charge in [0.2, 0.25) is 10.0 Å². The van der Waals surface area contributed by atoms with E-state index in [2.05, 4.69) is 14.9 Å². The number of carbonyl (C=O) groups is 2. The lowest BCUT2D eigenvalue weighted by atomic mass is 9.93. The van der Waals surface area contributed by atoms with Gasteiger partial charge in [0.05, 0.1) is 29.2 Å². The third-order valence-corrected chi connectivity index (χ3v) is 11.1. The monoisotopic (exact) mass is 675 g/mol. The van der Waals surface area contributed by atoms with E-state index < -0.39 is 33.7 Å². The van der Waals surface area contributed by atoms with Crippen molar-refractivity contribution in [3.05, 3.63) is 41.5 Å². The van der Waals surface area contributed by atoms with Crippen LogP contribution in [0, 0.1) is 5.41 Å². The van der Waals surface area contributed by atoms with Crippen LogP contribution in [0.15, 0.2) is 30.3 Å². The molecule has 3 fully saturated rings. The summed E-state index contributed by atoms with van der Waals surface area (Å²) in [6, 6.07) is 7.66. The van der Waals surface area contributed by atoms with E-state index in [-0.39, 0.29) is 38.4 Å². The second-order valence-electron chi connectivity index (χ2n) is 13.2. The molecule has 256 valence electrons. The van der Waals surface area contributed by atoms with Crippen LogP contribution in [-0.4, -0.2) is 77.4 Å². The Bertz CT molecular complexity index is 1610. The SMILES string of the molecule is CC[C@H](N)C(=O)OCCS(=O)(=O)Nc1ccc(C(=O)Nc2cc3c(c(N4CCC(F)(F)CC4)c2)OCC3)c(N2CCC3(CC2)CC3)c1. The molecule has 0 radical (unpaired) electrons. The molecule has 2 aromatic carbocycles. The Morgan fingerprint density at radius 2 is 1.64 bits per heavy atom. The lowest BCUT2D eigenvalue weighted by Crippen LogP contribution is -2.39. The van der Waals surface area contributed by atoms with E-state index in [1.54, 1.807) is 25.1 Å². The van der Waals surface area contributed by atoms with E-state index in [0.717, 1.165) is 31.5 Å². The lowest BCUT2D eigenvalue weighted by molar-refractivity contribution is -0.144. The van der Waals surface area contributed by atoms with E-state index in [1.165, 1.54) is 18.9 Å². The second-order valence-corrected chi connectivity index (χ2v) is 15.0. The first-order valence-corrected chi connectivity index (χ1v) is 18.1. The number of amides is 1. The molecule has 1 amide bonds. The summed E-state index contributed by atoms with van der Waals surface area (Å²) in [5.74, 6) is -3.48. The van der Waals surface area contributed by atoms with Crippen molar-refractivity contribution in [1.29, 1.82) is 0 Å². The highest BCUT2D eigenvalue weighted by atomic mass is 32.2. The van der Waals surface area contributed by atoms with Crippen molar-refractivity contribution < 1.29 is 36.3 Å². The van der Waals surface area contributed by atoms with Gasteiger partial charge < -0.3 is 30.3 Å². The zero-order valence-corrected chi connectivity index (χ0v) is 27.5. The molecule has 1 atom stereocenters. The van der Waals surface area contributed by atoms with Crippen LogP contribution in [0.5, 0.6) is 5.75 Å². The van der Waals surface area contributed by atoms with Gasteiger partial charge in [-0.1, -0.05) is 6.92 Å². The van der Waals surface area contributed by atoms with Crippen LogP contribution in [0.4, 0.5) is 31.5 Å². The summed E-state index contributed by atoms with van der Waals surface area (Å²) < 4.78 is 67.0. The van der Waals surface area contributed by atoms with E-state index in [1.807, 2.05) is 11.0 Å². The molecular formula is C33H43F2N5O6S. The van der Waals surface area contributed by atoms with Crippen LogP contribution in [0.25, 0.3) is 0 Å². The average molecular weight is 676 g/mol. The summed E-state index contributed by atoms with van der Waals surface area (Å²) in [4.78, 5) is 29.8. The second kappa shape index (κ2) is 13.1. The molecule has 3 aliphatic heterocycles. The summed E-state index contributed by atoms with van der Waals surface area (Å²) in [6.45, 7) is 3.74. The predicted molar refractivity (Wildman–Crippen MR) is 176 cm³/mol. The number of sulfonamides is 1. The number of hydrogen-bond acceptors (Lipinski definition) is 9. The zero-order chi connectivity index (χ0) is 33.4. The van der Waals surface area contributed by atoms with Gasteiger partial charge in [-0.25, -0.2) is 17.2 Å². The third-order valence-electron chi connectivity index (χ3n) is 9.83. The topological polar surface area (TPSA) is 143 Å². The molecule has 6 rings (SSSR count). The van der Waals surface area contributed by atoms with E-state index in [0.29, 0.717) is 58.9 Å². The number of fused-ring (bicyclic) bond motifs is 1. The number of nitrogens with two attached hydrogens (primary N) is 1. The molecule has 11 nitrogen and oxygen atoms in total. The number of piperidine rings is 2. The van der Waals surface area contributed by atoms with Gasteiger partial charge in [-0.3, -0.25) is 14.3 Å². The van der Waals surface area contributed by atoms with Gasteiger partial charge in [0.15, 0.2) is 0 Å². The van der Waals surface area contributed by atoms with E-state index in [4.69, 9.17) is 15.2 Å². The summed E-state index contributed by atoms with van der Waals surface area (Å²) in [5.41, 5.74) is 9.47. The fraction of sp³-hybridized carbons (Fsp3) is 0.576. The van der Waals surface area contributed by atoms with Gasteiger partial charge >= 0.3 is 5.97 Å². The van der Waals surface area contributed by atoms with Crippen LogP contribution < -0.4 is 30.3 Å². The van der Waals surface area contributed by atoms with Crippen molar-refractivity contribution in [1.82, 2.24) is 0 Å². The minimum Gasteiger partial charge on any atom is -0.491 e. The van der Waals surface area contributed by atoms with Crippen LogP contribution in [0.2, 0.25) is 0 Å². The maximum absolute atomic E-state index is 13.9. The normalized spacial score (nSPS) is 20.3. The number of esters is 1. The number of nitrogens with one attached hydrogen (secondary N) is 2. The molecule has 14 heteroatoms. The lowest BCUT2D eigenvalue weighted by Gasteiger charge is -2.35. The number of anilines is 4. The van der Waals surface area contributed by atoms with Crippen molar-refractivity contribution in [2.75, 3.05) is 65.0 Å². The number of alkyl halides is 2. The smallest absolute Gasteiger partial charge is 0.322 e. The summed E-state index contributed by atoms with van der Waals surface area (Å²) in [7, 11) is -3.88. The Kier molecular flexibility index (Phi) is 9.27. The Hall–Kier alpha value is -3.65. The quantitative estimate of drug-likeness (QED) is 0.293. The molecule has 0 aromatic heterocycles. The fourth-order valence-electron chi connectivity index (χ4n) is 6.57. The summed E-state index contributed by atoms with van der Waals surface area (Å²) >= 11 is 0. The number of nitrogens with zero attached hydrogens (tertiary/aromatic N) is 2. The highest BCUT2D eigenvalue weighted by Crippen LogP contribution is 2.54. The van der Waals surface area contributed by atoms with Crippen molar-refractivity contribution >= 4 is 44.6 Å². The number of rotatable bonds is 11. The van der Waals surface area contributed by atoms with Crippen molar-refractivity contribution in [2.24, 2.45) is 11.1 Å². The first-order chi connectivity index (χ1) is 22.4. The molecule has 4 N–H and O–H groups in total. The number of carbonyl (C=O) groups excluding carboxylic acids is 2. The molecule has 47 heavy (non-hydrogen) atoms. The Morgan fingerprint density at radius 1 is 0.979 bits per heavy atom. The highest BCUT2D eigenvalue weighted by Gasteiger charge is 2.44. The molecule has 1 aliphatic carbocycles. The summed E-state index contributed by atoms with van der Waals surface area (Å²) in [6.07, 6.45) is 4.96. The molecule has 0 unspecified atom stereocenters. The number of halogens is 2. The fourth-order valence-corrected chi connectivity index (χ4v) is 7.46. The van der Waals surface area contributed by atoms with Gasteiger partial charge in [-0.2, -0.15) is 0 Å². The first kappa shape index (κ1) is 33.3. The predicted octanol–water partition coefficient (Wildman–Crippen LogP) is 4.51. The average Bonchev–Trinajstić information content (AvgIpc) is 3.61. The van der Waals surface area contributed by atoms with Gasteiger partial charge in [0.1, 0.15) is 24.2 Å². The largest absolute Gasteiger partial charge is 0.491 e. The van der Waals surface area contributed by atoms with Gasteiger partial charge in [0, 0.05) is 56.7 Å². The minimum atomic E-state index is -3.88. The zero-order valence-electron chi connectivity index (χ0n) is 26.7. The molecule has 3 heterocycles. The molecule has 2 aromatic rings. The van der Waals surface area contributed by atoms with Crippen molar-refractivity contribution in [3.63, 3.8) is 0 Å². The maximum Gasteiger partial charge on any atom is 0.322 e. The van der Waals surface area contributed by atoms with Gasteiger partial charge in [0.25, 0.3) is 11.8 Å². The third kappa shape index (κ3) is 7.75. The van der Waals surface area contributed by atoms with Gasteiger partial charge in [-0.15, -0.1) is 0 Å². The highest BCUT2D eigenvalue weighted by molar-refractivity contribution is 7.92. The molecule has 2 saturated heterocycles. The van der Waals surface area contributed by atoms with Crippen LogP contribution in [0.3, 0.4) is 0 Å². The number of hydrogen-bond donors (Lipinski definition) is 3. The van der Waals surface area contributed by atoms with Crippen molar-refractivity contribution in [2.45, 2.75) is 70.3 Å². The molecule has 4 aliphatic rings. The Balaban J connectivity index is 1.21. The maximum atomic E-state index is 13.9. The van der Waals surface area contributed by atoms with E-state index >= 15 is 0 Å². The number of benzene rings is 2. The van der Waals surface area contributed by atoms with E-state index in [9.17, 15) is 26.8 Å². The molecule has 1 saturated carbocycles. The molecular weight excluding hydrogens is 632 g/mol. The minimum absolute atomic E-state index is 0.187. The Labute approximate surface area is 274 Å². The first-order valence-electron chi connectivity index (χ1n) is 16.4. The van der Waals surface area contributed by atoms with Crippen LogP contribution >= 0.6 is 0 Å². The Morgan fingerprint density at radius 3 is 2.32 bits per heavy atom. The van der Waals surface area contributed by atoms with Crippen molar-refractivity contribution in [3.8, 4) is 5.75 Å². The number of ether oxygens (including phenoxy) is 2. The van der Waals surface area contributed by atoms with Crippen LogP contribution in [0.1, 0.15) is 67.8 Å². The summed E-state index contributed by atoms with van der Waals surface area (Å²) in [5, 5.41) is 3.02. The van der Waals surface area contributed by atoms with Crippen LogP contribution in [-0.2, 0) is 26.0 Å². The van der Waals surface area contributed by atoms with Gasteiger partial charge in [-0.05, 0) is 67.9 Å². The standard InChI is InChI=1S/C33H43F2N5O6S/c1-2-26(36)31(42)46-17-18-47(43,44)38-23-3-4-25(27(20-23)39-12-8-32(6-7-32)9-13-39)30(41)37-24-19-22-5-16-45-29(22)28(21-24)40-14-10-33(34,35)11-15-40/h3-4,19-21,26,38H,2,5-18,36H2,1H3,(H,37,41)/t26-/m0/s1. The molecule has 0 bridgehead atoms. The molecule has 1 spiro atoms.